The summed E-state index contributed by atoms with van der Waals surface area (Å²) in [7, 11) is 1.50. The number of nitrogens with one attached hydrogen (secondary N) is 2. The summed E-state index contributed by atoms with van der Waals surface area (Å²) in [5.41, 5.74) is 0.414. The number of hydrogen-bond acceptors (Lipinski definition) is 9. The van der Waals surface area contributed by atoms with Gasteiger partial charge in [0.2, 0.25) is 5.91 Å². The Morgan fingerprint density at radius 2 is 1.63 bits per heavy atom. The van der Waals surface area contributed by atoms with Gasteiger partial charge in [-0.1, -0.05) is 99.1 Å². The first-order valence-electron chi connectivity index (χ1n) is 18.2. The summed E-state index contributed by atoms with van der Waals surface area (Å²) in [6, 6.07) is 3.51. The first kappa shape index (κ1) is 44.7. The summed E-state index contributed by atoms with van der Waals surface area (Å²) in [5, 5.41) is 31.0. The average molecular weight is 987 g/mol. The van der Waals surface area contributed by atoms with Crippen LogP contribution in [-0.4, -0.2) is 66.4 Å². The van der Waals surface area contributed by atoms with Gasteiger partial charge in [0.25, 0.3) is 5.91 Å². The molecule has 3 rings (SSSR count). The number of hydrogen-bond donors (Lipinski definition) is 4. The molecule has 292 valence electrons. The molecule has 52 heavy (non-hydrogen) atoms. The highest BCUT2D eigenvalue weighted by atomic mass is 79.9. The topological polar surface area (TPSA) is 148 Å². The van der Waals surface area contributed by atoms with Gasteiger partial charge in [0, 0.05) is 24.0 Å². The second-order valence-corrected chi connectivity index (χ2v) is 16.8. The van der Waals surface area contributed by atoms with Crippen molar-refractivity contribution in [3.8, 4) is 5.75 Å². The van der Waals surface area contributed by atoms with Crippen molar-refractivity contribution in [1.82, 2.24) is 10.6 Å². The molecular formula is C37H53Br4N3O8. The minimum absolute atomic E-state index is 0.0461. The van der Waals surface area contributed by atoms with E-state index in [1.165, 1.54) is 64.7 Å². The third-order valence-corrected chi connectivity index (χ3v) is 11.6. The summed E-state index contributed by atoms with van der Waals surface area (Å²) in [5.74, 6) is -0.412. The molecule has 2 aliphatic heterocycles. The maximum atomic E-state index is 12.8. The molecule has 0 fully saturated rings. The maximum Gasteiger partial charge on any atom is 0.311 e. The Morgan fingerprint density at radius 3 is 2.27 bits per heavy atom. The number of nitrogens with zero attached hydrogens (tertiary/aromatic N) is 1. The van der Waals surface area contributed by atoms with Gasteiger partial charge in [-0.3, -0.25) is 9.59 Å². The Hall–Kier alpha value is -1.65. The molecule has 0 aromatic heterocycles. The highest BCUT2D eigenvalue weighted by molar-refractivity contribution is 9.12. The van der Waals surface area contributed by atoms with E-state index in [2.05, 4.69) is 93.4 Å². The predicted octanol–water partition coefficient (Wildman–Crippen LogP) is 8.94. The summed E-state index contributed by atoms with van der Waals surface area (Å²) in [4.78, 5) is 30.6. The van der Waals surface area contributed by atoms with Gasteiger partial charge in [0.1, 0.15) is 17.8 Å². The Labute approximate surface area is 341 Å². The summed E-state index contributed by atoms with van der Waals surface area (Å²) < 4.78 is 19.3. The zero-order valence-electron chi connectivity index (χ0n) is 30.3. The molecule has 0 radical (unpaired) electrons. The van der Waals surface area contributed by atoms with Crippen molar-refractivity contribution in [2.45, 2.75) is 122 Å². The van der Waals surface area contributed by atoms with Crippen LogP contribution in [0.1, 0.15) is 115 Å². The van der Waals surface area contributed by atoms with Gasteiger partial charge < -0.3 is 39.9 Å². The van der Waals surface area contributed by atoms with Gasteiger partial charge in [-0.25, -0.2) is 0 Å². The number of aliphatic hydroxyl groups is 2. The predicted molar refractivity (Wildman–Crippen MR) is 216 cm³/mol. The number of halogens is 4. The van der Waals surface area contributed by atoms with E-state index in [0.29, 0.717) is 47.8 Å². The molecule has 2 aliphatic rings. The van der Waals surface area contributed by atoms with Crippen LogP contribution in [0, 0.1) is 5.92 Å². The quantitative estimate of drug-likeness (QED) is 0.0796. The van der Waals surface area contributed by atoms with E-state index < -0.39 is 23.9 Å². The number of carbonyl (C=O) groups is 2. The zero-order chi connectivity index (χ0) is 38.1. The van der Waals surface area contributed by atoms with Gasteiger partial charge in [0.15, 0.2) is 11.8 Å². The molecule has 1 spiro atoms. The van der Waals surface area contributed by atoms with Crippen molar-refractivity contribution in [1.29, 1.82) is 0 Å². The molecule has 1 aromatic rings. The second-order valence-electron chi connectivity index (χ2n) is 13.3. The minimum Gasteiger partial charge on any atom is -0.495 e. The molecule has 2 heterocycles. The van der Waals surface area contributed by atoms with E-state index >= 15 is 0 Å². The molecule has 11 nitrogen and oxygen atoms in total. The van der Waals surface area contributed by atoms with Gasteiger partial charge in [-0.15, -0.1) is 0 Å². The minimum atomic E-state index is -1.62. The number of ether oxygens (including phenoxy) is 3. The van der Waals surface area contributed by atoms with E-state index in [0.717, 1.165) is 25.2 Å². The molecular weight excluding hydrogens is 934 g/mol. The lowest BCUT2D eigenvalue weighted by Gasteiger charge is -2.27. The SMILES string of the molecule is CCC(C)CCCCCCCCCCCC(=O)NCC(O)c1cc(Br)c(OCCCNC(=O)C2=NO[C@@]3(CC(Br)=C(OC)C(Br)=CO3)[C@H]2O)c(Br)c1. The van der Waals surface area contributed by atoms with Crippen LogP contribution in [0.25, 0.3) is 0 Å². The summed E-state index contributed by atoms with van der Waals surface area (Å²) in [6.45, 7) is 5.22. The summed E-state index contributed by atoms with van der Waals surface area (Å²) in [6.07, 6.45) is 13.5. The first-order valence-corrected chi connectivity index (χ1v) is 21.3. The summed E-state index contributed by atoms with van der Waals surface area (Å²) >= 11 is 13.8. The van der Waals surface area contributed by atoms with Crippen molar-refractivity contribution >= 4 is 81.2 Å². The Morgan fingerprint density at radius 1 is 1.00 bits per heavy atom. The normalized spacial score (nSPS) is 19.6. The van der Waals surface area contributed by atoms with E-state index in [1.54, 1.807) is 12.1 Å². The zero-order valence-corrected chi connectivity index (χ0v) is 36.6. The molecule has 4 atom stereocenters. The molecule has 1 aromatic carbocycles. The Bertz CT molecular complexity index is 1400. The van der Waals surface area contributed by atoms with Crippen molar-refractivity contribution in [2.24, 2.45) is 11.1 Å². The van der Waals surface area contributed by atoms with Crippen LogP contribution in [0.3, 0.4) is 0 Å². The van der Waals surface area contributed by atoms with Crippen LogP contribution < -0.4 is 15.4 Å². The van der Waals surface area contributed by atoms with E-state index in [-0.39, 0.29) is 37.7 Å². The van der Waals surface area contributed by atoms with Crippen molar-refractivity contribution in [3.05, 3.63) is 47.6 Å². The van der Waals surface area contributed by atoms with Gasteiger partial charge in [0.05, 0.1) is 39.7 Å². The maximum absolute atomic E-state index is 12.8. The fourth-order valence-electron chi connectivity index (χ4n) is 5.78. The number of carbonyl (C=O) groups excluding carboxylic acids is 2. The number of benzene rings is 1. The van der Waals surface area contributed by atoms with Crippen molar-refractivity contribution in [2.75, 3.05) is 26.8 Å². The van der Waals surface area contributed by atoms with Gasteiger partial charge >= 0.3 is 5.79 Å². The molecule has 15 heteroatoms. The van der Waals surface area contributed by atoms with E-state index in [1.807, 2.05) is 0 Å². The molecule has 0 aliphatic carbocycles. The number of oxime groups is 1. The van der Waals surface area contributed by atoms with E-state index in [4.69, 9.17) is 19.0 Å². The number of allylic oxidation sites excluding steroid dienone is 1. The Balaban J connectivity index is 1.30. The largest absolute Gasteiger partial charge is 0.495 e. The van der Waals surface area contributed by atoms with Crippen LogP contribution in [0.4, 0.5) is 0 Å². The molecule has 0 saturated heterocycles. The first-order chi connectivity index (χ1) is 24.9. The van der Waals surface area contributed by atoms with Gasteiger partial charge in [-0.05, 0) is 84.2 Å². The third kappa shape index (κ3) is 13.9. The molecule has 2 unspecified atom stereocenters. The smallest absolute Gasteiger partial charge is 0.311 e. The number of methoxy groups -OCH3 is 1. The van der Waals surface area contributed by atoms with Crippen LogP contribution in [0.2, 0.25) is 0 Å². The van der Waals surface area contributed by atoms with Crippen LogP contribution >= 0.6 is 63.7 Å². The number of rotatable bonds is 23. The van der Waals surface area contributed by atoms with Crippen LogP contribution in [0.5, 0.6) is 5.75 Å². The fourth-order valence-corrected chi connectivity index (χ4v) is 8.76. The molecule has 0 saturated carbocycles. The van der Waals surface area contributed by atoms with Crippen LogP contribution in [0.15, 0.2) is 47.2 Å². The highest BCUT2D eigenvalue weighted by Gasteiger charge is 2.54. The lowest BCUT2D eigenvalue weighted by atomic mass is 9.99. The number of unbranched alkanes of at least 4 members (excludes halogenated alkanes) is 8. The lowest BCUT2D eigenvalue weighted by Crippen LogP contribution is -2.49. The number of aliphatic hydroxyl groups excluding tert-OH is 2. The molecule has 0 bridgehead atoms. The molecule has 2 amide bonds. The Kier molecular flexibility index (Phi) is 20.1. The number of amides is 2. The van der Waals surface area contributed by atoms with Gasteiger partial charge in [-0.2, -0.15) is 0 Å². The average Bonchev–Trinajstić information content (AvgIpc) is 3.37. The van der Waals surface area contributed by atoms with Crippen LogP contribution in [-0.2, 0) is 23.9 Å². The standard InChI is InChI=1S/C37H53Br4N3O8/c1-4-24(2)15-12-10-8-6-5-7-9-11-13-16-31(46)43-22-30(45)25-19-26(38)34(27(39)20-25)50-18-14-17-42-36(48)32-35(47)37(52-44-32)21-28(40)33(49-3)29(41)23-51-37/h19-20,23-24,30,35,45,47H,4-18,21-22H2,1-3H3,(H,42,48)(H,43,46)/t24?,30?,35-,37-/m0/s1. The fraction of sp³-hybridized carbons (Fsp3) is 0.649. The second kappa shape index (κ2) is 23.3. The highest BCUT2D eigenvalue weighted by Crippen LogP contribution is 2.41. The molecule has 4 N–H and O–H groups in total. The van der Waals surface area contributed by atoms with Crippen molar-refractivity contribution < 1.29 is 38.9 Å². The monoisotopic (exact) mass is 983 g/mol. The van der Waals surface area contributed by atoms with E-state index in [9.17, 15) is 19.8 Å². The lowest BCUT2D eigenvalue weighted by molar-refractivity contribution is -0.225. The third-order valence-electron chi connectivity index (χ3n) is 9.19. The van der Waals surface area contributed by atoms with Crippen molar-refractivity contribution in [3.63, 3.8) is 0 Å².